The van der Waals surface area contributed by atoms with E-state index in [0.29, 0.717) is 0 Å². The fraction of sp³-hybridized carbons (Fsp3) is 0.375. The zero-order valence-corrected chi connectivity index (χ0v) is 13.9. The van der Waals surface area contributed by atoms with Crippen molar-refractivity contribution in [2.75, 3.05) is 19.3 Å². The Morgan fingerprint density at radius 3 is 3.05 bits per heavy atom. The fourth-order valence-corrected chi connectivity index (χ4v) is 4.25. The van der Waals surface area contributed by atoms with Crippen LogP contribution in [-0.2, 0) is 13.0 Å². The summed E-state index contributed by atoms with van der Waals surface area (Å²) in [6.07, 6.45) is 0.965. The topological polar surface area (TPSA) is 39.9 Å². The zero-order valence-electron chi connectivity index (χ0n) is 12.2. The van der Waals surface area contributed by atoms with E-state index in [0.717, 1.165) is 41.4 Å². The predicted octanol–water partition coefficient (Wildman–Crippen LogP) is 3.78. The summed E-state index contributed by atoms with van der Waals surface area (Å²) in [4.78, 5) is 8.28. The molecule has 0 aromatic carbocycles. The van der Waals surface area contributed by atoms with Gasteiger partial charge in [0.05, 0.1) is 5.56 Å². The molecule has 0 N–H and O–H groups in total. The van der Waals surface area contributed by atoms with Gasteiger partial charge in [-0.15, -0.1) is 23.1 Å². The third-order valence-corrected chi connectivity index (χ3v) is 5.41. The van der Waals surface area contributed by atoms with Gasteiger partial charge >= 0.3 is 0 Å². The number of rotatable bonds is 3. The molecule has 108 valence electrons. The van der Waals surface area contributed by atoms with Gasteiger partial charge in [0.2, 0.25) is 0 Å². The van der Waals surface area contributed by atoms with Crippen molar-refractivity contribution in [1.82, 2.24) is 9.88 Å². The first-order valence-corrected chi connectivity index (χ1v) is 8.92. The average Bonchev–Trinajstić information content (AvgIpc) is 3.00. The van der Waals surface area contributed by atoms with Crippen LogP contribution in [0.25, 0.3) is 10.4 Å². The summed E-state index contributed by atoms with van der Waals surface area (Å²) in [5, 5.41) is 12.6. The number of aromatic nitrogens is 1. The lowest BCUT2D eigenvalue weighted by Gasteiger charge is -2.27. The minimum Gasteiger partial charge on any atom is -0.302 e. The van der Waals surface area contributed by atoms with Crippen molar-refractivity contribution in [3.05, 3.63) is 34.3 Å². The molecule has 1 aliphatic heterocycles. The van der Waals surface area contributed by atoms with Gasteiger partial charge in [-0.1, -0.05) is 13.0 Å². The summed E-state index contributed by atoms with van der Waals surface area (Å²) < 4.78 is 0. The first-order chi connectivity index (χ1) is 10.2. The van der Waals surface area contributed by atoms with Gasteiger partial charge in [0.25, 0.3) is 0 Å². The number of thiophene rings is 1. The third-order valence-electron chi connectivity index (χ3n) is 3.67. The van der Waals surface area contributed by atoms with Crippen LogP contribution in [0.4, 0.5) is 0 Å². The Bertz CT molecular complexity index is 687. The Kier molecular flexibility index (Phi) is 4.29. The summed E-state index contributed by atoms with van der Waals surface area (Å²) in [5.74, 6) is 0.935. The molecule has 0 unspecified atom stereocenters. The molecule has 0 bridgehead atoms. The molecule has 0 saturated carbocycles. The molecule has 21 heavy (non-hydrogen) atoms. The molecule has 0 saturated heterocycles. The van der Waals surface area contributed by atoms with Crippen LogP contribution in [0.1, 0.15) is 23.7 Å². The number of nitrogens with zero attached hydrogens (tertiary/aromatic N) is 3. The molecule has 5 heteroatoms. The van der Waals surface area contributed by atoms with Gasteiger partial charge in [-0.2, -0.15) is 5.26 Å². The highest BCUT2D eigenvalue weighted by molar-refractivity contribution is 7.99. The third kappa shape index (κ3) is 2.71. The van der Waals surface area contributed by atoms with Gasteiger partial charge in [-0.05, 0) is 29.8 Å². The van der Waals surface area contributed by atoms with E-state index in [1.807, 2.05) is 6.07 Å². The van der Waals surface area contributed by atoms with Crippen LogP contribution in [0.15, 0.2) is 22.5 Å². The molecule has 0 amide bonds. The summed E-state index contributed by atoms with van der Waals surface area (Å²) in [6.45, 7) is 4.01. The largest absolute Gasteiger partial charge is 0.302 e. The van der Waals surface area contributed by atoms with Gasteiger partial charge in [-0.3, -0.25) is 0 Å². The normalized spacial score (nSPS) is 14.7. The predicted molar refractivity (Wildman–Crippen MR) is 88.7 cm³/mol. The molecule has 3 nitrogen and oxygen atoms in total. The lowest BCUT2D eigenvalue weighted by molar-refractivity contribution is 0.310. The molecule has 0 atom stereocenters. The highest BCUT2D eigenvalue weighted by Crippen LogP contribution is 2.38. The molecule has 0 radical (unpaired) electrons. The van der Waals surface area contributed by atoms with Gasteiger partial charge in [0, 0.05) is 35.6 Å². The van der Waals surface area contributed by atoms with Crippen molar-refractivity contribution in [3.8, 4) is 16.5 Å². The van der Waals surface area contributed by atoms with E-state index in [4.69, 9.17) is 4.98 Å². The summed E-state index contributed by atoms with van der Waals surface area (Å²) >= 11 is 3.37. The molecular formula is C16H17N3S2. The van der Waals surface area contributed by atoms with Crippen LogP contribution in [0.2, 0.25) is 0 Å². The summed E-state index contributed by atoms with van der Waals surface area (Å²) in [7, 11) is 2.13. The number of hydrogen-bond acceptors (Lipinski definition) is 5. The second kappa shape index (κ2) is 6.18. The van der Waals surface area contributed by atoms with Crippen LogP contribution >= 0.6 is 23.1 Å². The molecule has 0 spiro atoms. The van der Waals surface area contributed by atoms with E-state index in [2.05, 4.69) is 36.4 Å². The lowest BCUT2D eigenvalue weighted by atomic mass is 9.96. The van der Waals surface area contributed by atoms with Crippen molar-refractivity contribution in [1.29, 1.82) is 5.26 Å². The van der Waals surface area contributed by atoms with Crippen molar-refractivity contribution >= 4 is 23.1 Å². The summed E-state index contributed by atoms with van der Waals surface area (Å²) in [5.41, 5.74) is 4.27. The highest BCUT2D eigenvalue weighted by atomic mass is 32.2. The second-order valence-electron chi connectivity index (χ2n) is 5.10. The number of nitriles is 1. The molecular weight excluding hydrogens is 298 g/mol. The van der Waals surface area contributed by atoms with Crippen molar-refractivity contribution in [3.63, 3.8) is 0 Å². The first kappa shape index (κ1) is 14.6. The number of pyridine rings is 1. The number of likely N-dealkylation sites (N-methyl/N-ethyl adjacent to an activating group) is 1. The number of thioether (sulfide) groups is 1. The van der Waals surface area contributed by atoms with Crippen LogP contribution < -0.4 is 0 Å². The van der Waals surface area contributed by atoms with Crippen LogP contribution in [-0.4, -0.2) is 29.2 Å². The Morgan fingerprint density at radius 2 is 2.38 bits per heavy atom. The molecule has 3 rings (SSSR count). The fourth-order valence-electron chi connectivity index (χ4n) is 2.71. The van der Waals surface area contributed by atoms with E-state index in [-0.39, 0.29) is 0 Å². The summed E-state index contributed by atoms with van der Waals surface area (Å²) in [6, 6.07) is 6.56. The lowest BCUT2D eigenvalue weighted by Crippen LogP contribution is -2.28. The van der Waals surface area contributed by atoms with Crippen LogP contribution in [0.5, 0.6) is 0 Å². The van der Waals surface area contributed by atoms with Crippen LogP contribution in [0.3, 0.4) is 0 Å². The average molecular weight is 315 g/mol. The smallest absolute Gasteiger partial charge is 0.115 e. The van der Waals surface area contributed by atoms with E-state index in [1.165, 1.54) is 16.1 Å². The maximum Gasteiger partial charge on any atom is 0.115 e. The molecule has 1 aliphatic rings. The van der Waals surface area contributed by atoms with Gasteiger partial charge in [0.15, 0.2) is 0 Å². The quantitative estimate of drug-likeness (QED) is 0.808. The zero-order chi connectivity index (χ0) is 14.8. The first-order valence-electron chi connectivity index (χ1n) is 7.05. The van der Waals surface area contributed by atoms with Crippen molar-refractivity contribution < 1.29 is 0 Å². The SMILES string of the molecule is CCSc1nc2c(c(-c3cccs3)c1C#N)CN(C)CC2. The second-order valence-corrected chi connectivity index (χ2v) is 7.30. The Morgan fingerprint density at radius 1 is 1.52 bits per heavy atom. The number of fused-ring (bicyclic) bond motifs is 1. The molecule has 3 heterocycles. The van der Waals surface area contributed by atoms with E-state index < -0.39 is 0 Å². The number of hydrogen-bond donors (Lipinski definition) is 0. The standard InChI is InChI=1S/C16H17N3S2/c1-3-20-16-11(9-17)15(14-5-4-8-21-14)12-10-19(2)7-6-13(12)18-16/h4-5,8H,3,6-7,10H2,1-2H3. The highest BCUT2D eigenvalue weighted by Gasteiger charge is 2.25. The molecule has 2 aromatic heterocycles. The van der Waals surface area contributed by atoms with E-state index in [1.54, 1.807) is 23.1 Å². The Hall–Kier alpha value is -1.35. The van der Waals surface area contributed by atoms with Gasteiger partial charge < -0.3 is 4.90 Å². The van der Waals surface area contributed by atoms with Gasteiger partial charge in [-0.25, -0.2) is 4.98 Å². The van der Waals surface area contributed by atoms with Crippen molar-refractivity contribution in [2.24, 2.45) is 0 Å². The Labute approximate surface area is 133 Å². The van der Waals surface area contributed by atoms with Gasteiger partial charge in [0.1, 0.15) is 11.1 Å². The molecule has 0 aliphatic carbocycles. The maximum absolute atomic E-state index is 9.68. The van der Waals surface area contributed by atoms with Crippen LogP contribution in [0, 0.1) is 11.3 Å². The monoisotopic (exact) mass is 315 g/mol. The van der Waals surface area contributed by atoms with Crippen molar-refractivity contribution in [2.45, 2.75) is 24.9 Å². The minimum atomic E-state index is 0.748. The molecule has 0 fully saturated rings. The minimum absolute atomic E-state index is 0.748. The Balaban J connectivity index is 2.27. The van der Waals surface area contributed by atoms with E-state index >= 15 is 0 Å². The van der Waals surface area contributed by atoms with E-state index in [9.17, 15) is 5.26 Å². The maximum atomic E-state index is 9.68. The molecule has 2 aromatic rings.